The van der Waals surface area contributed by atoms with E-state index in [1.54, 1.807) is 4.57 Å². The molecule has 0 fully saturated rings. The Morgan fingerprint density at radius 1 is 1.10 bits per heavy atom. The van der Waals surface area contributed by atoms with Gasteiger partial charge in [-0.25, -0.2) is 9.97 Å². The van der Waals surface area contributed by atoms with E-state index < -0.39 is 0 Å². The van der Waals surface area contributed by atoms with Gasteiger partial charge in [-0.2, -0.15) is 0 Å². The summed E-state index contributed by atoms with van der Waals surface area (Å²) < 4.78 is 2.42. The van der Waals surface area contributed by atoms with Crippen molar-refractivity contribution in [3.63, 3.8) is 0 Å². The molecule has 1 aromatic carbocycles. The Morgan fingerprint density at radius 3 is 2.60 bits per heavy atom. The molecule has 0 saturated carbocycles. The van der Waals surface area contributed by atoms with Crippen molar-refractivity contribution >= 4 is 56.2 Å². The average molecular weight is 372 g/mol. The number of anilines is 1. The molecule has 0 amide bonds. The number of nitrogen functional groups attached to an aromatic ring is 1. The van der Waals surface area contributed by atoms with Gasteiger partial charge in [0.1, 0.15) is 5.52 Å². The summed E-state index contributed by atoms with van der Waals surface area (Å²) in [5.74, 6) is 0.318. The summed E-state index contributed by atoms with van der Waals surface area (Å²) in [6.07, 6.45) is 0. The third kappa shape index (κ3) is 2.06. The molecule has 0 unspecified atom stereocenters. The predicted octanol–water partition coefficient (Wildman–Crippen LogP) is 4.38. The third-order valence-corrected chi connectivity index (χ3v) is 4.69. The molecular weight excluding hydrogens is 363 g/mol. The minimum atomic E-state index is 0.318. The van der Waals surface area contributed by atoms with E-state index in [1.165, 1.54) is 0 Å². The van der Waals surface area contributed by atoms with Crippen LogP contribution in [0, 0.1) is 6.92 Å². The van der Waals surface area contributed by atoms with E-state index >= 15 is 0 Å². The van der Waals surface area contributed by atoms with Gasteiger partial charge in [-0.05, 0) is 47.1 Å². The largest absolute Gasteiger partial charge is 0.369 e. The summed E-state index contributed by atoms with van der Waals surface area (Å²) in [5, 5.41) is 0.827. The molecular formula is C13H9BrCl2N4. The third-order valence-electron chi connectivity index (χ3n) is 2.93. The van der Waals surface area contributed by atoms with Crippen molar-refractivity contribution in [1.29, 1.82) is 0 Å². The van der Waals surface area contributed by atoms with Crippen molar-refractivity contribution in [3.8, 4) is 5.69 Å². The van der Waals surface area contributed by atoms with E-state index in [0.29, 0.717) is 32.8 Å². The van der Waals surface area contributed by atoms with Crippen LogP contribution in [0.2, 0.25) is 10.0 Å². The van der Waals surface area contributed by atoms with Crippen LogP contribution in [-0.2, 0) is 0 Å². The van der Waals surface area contributed by atoms with E-state index in [2.05, 4.69) is 25.9 Å². The fourth-order valence-corrected chi connectivity index (χ4v) is 2.85. The zero-order valence-electron chi connectivity index (χ0n) is 10.4. The van der Waals surface area contributed by atoms with Gasteiger partial charge in [-0.15, -0.1) is 0 Å². The maximum absolute atomic E-state index is 6.31. The second kappa shape index (κ2) is 4.91. The Morgan fingerprint density at radius 2 is 1.85 bits per heavy atom. The number of aromatic nitrogens is 3. The van der Waals surface area contributed by atoms with Crippen LogP contribution < -0.4 is 5.73 Å². The number of nitrogens with two attached hydrogens (primary N) is 1. The Hall–Kier alpha value is -1.30. The van der Waals surface area contributed by atoms with Crippen LogP contribution in [0.3, 0.4) is 0 Å². The second-order valence-electron chi connectivity index (χ2n) is 4.30. The molecule has 0 spiro atoms. The lowest BCUT2D eigenvalue weighted by molar-refractivity contribution is 1.07. The molecule has 7 heteroatoms. The van der Waals surface area contributed by atoms with Gasteiger partial charge < -0.3 is 5.73 Å². The Kier molecular flexibility index (Phi) is 3.36. The first-order chi connectivity index (χ1) is 9.49. The van der Waals surface area contributed by atoms with Crippen molar-refractivity contribution in [2.75, 3.05) is 5.73 Å². The number of pyridine rings is 1. The molecule has 2 aromatic heterocycles. The Bertz CT molecular complexity index is 829. The fourth-order valence-electron chi connectivity index (χ4n) is 2.00. The molecule has 20 heavy (non-hydrogen) atoms. The first kappa shape index (κ1) is 13.7. The van der Waals surface area contributed by atoms with Gasteiger partial charge in [0.2, 0.25) is 5.95 Å². The molecule has 0 atom stereocenters. The van der Waals surface area contributed by atoms with E-state index in [9.17, 15) is 0 Å². The van der Waals surface area contributed by atoms with Gasteiger partial charge in [0.05, 0.1) is 15.7 Å². The first-order valence-electron chi connectivity index (χ1n) is 5.74. The number of hydrogen-bond acceptors (Lipinski definition) is 3. The van der Waals surface area contributed by atoms with E-state index in [-0.39, 0.29) is 0 Å². The molecule has 4 nitrogen and oxygen atoms in total. The summed E-state index contributed by atoms with van der Waals surface area (Å²) in [7, 11) is 0. The number of hydrogen-bond donors (Lipinski definition) is 1. The van der Waals surface area contributed by atoms with Crippen molar-refractivity contribution in [2.24, 2.45) is 0 Å². The molecule has 3 aromatic rings. The number of nitrogens with zero attached hydrogens (tertiary/aromatic N) is 3. The lowest BCUT2D eigenvalue weighted by Gasteiger charge is -2.10. The maximum Gasteiger partial charge on any atom is 0.207 e. The summed E-state index contributed by atoms with van der Waals surface area (Å²) in [6.45, 7) is 1.91. The fraction of sp³-hybridized carbons (Fsp3) is 0.0769. The highest BCUT2D eigenvalue weighted by Gasteiger charge is 2.16. The minimum Gasteiger partial charge on any atom is -0.369 e. The SMILES string of the molecule is Cc1ccc2nc(N)n(-c3ccc(Br)c(Cl)c3Cl)c2n1. The summed E-state index contributed by atoms with van der Waals surface area (Å²) in [6, 6.07) is 7.39. The number of imidazole rings is 1. The van der Waals surface area contributed by atoms with E-state index in [4.69, 9.17) is 28.9 Å². The molecule has 0 saturated heterocycles. The smallest absolute Gasteiger partial charge is 0.207 e. The van der Waals surface area contributed by atoms with Gasteiger partial charge in [-0.3, -0.25) is 4.57 Å². The number of halogens is 3. The van der Waals surface area contributed by atoms with Crippen LogP contribution in [0.25, 0.3) is 16.9 Å². The second-order valence-corrected chi connectivity index (χ2v) is 5.91. The van der Waals surface area contributed by atoms with Crippen LogP contribution in [0.4, 0.5) is 5.95 Å². The lowest BCUT2D eigenvalue weighted by Crippen LogP contribution is -2.02. The van der Waals surface area contributed by atoms with Crippen molar-refractivity contribution in [2.45, 2.75) is 6.92 Å². The number of rotatable bonds is 1. The van der Waals surface area contributed by atoms with Gasteiger partial charge in [-0.1, -0.05) is 23.2 Å². The van der Waals surface area contributed by atoms with E-state index in [1.807, 2.05) is 31.2 Å². The van der Waals surface area contributed by atoms with Crippen LogP contribution >= 0.6 is 39.1 Å². The van der Waals surface area contributed by atoms with Crippen molar-refractivity contribution < 1.29 is 0 Å². The van der Waals surface area contributed by atoms with Crippen LogP contribution in [0.15, 0.2) is 28.7 Å². The minimum absolute atomic E-state index is 0.318. The van der Waals surface area contributed by atoms with Crippen LogP contribution in [-0.4, -0.2) is 14.5 Å². The van der Waals surface area contributed by atoms with Gasteiger partial charge in [0.15, 0.2) is 5.65 Å². The topological polar surface area (TPSA) is 56.7 Å². The highest BCUT2D eigenvalue weighted by molar-refractivity contribution is 9.10. The van der Waals surface area contributed by atoms with Gasteiger partial charge in [0.25, 0.3) is 0 Å². The first-order valence-corrected chi connectivity index (χ1v) is 7.29. The number of fused-ring (bicyclic) bond motifs is 1. The quantitative estimate of drug-likeness (QED) is 0.645. The molecule has 0 aliphatic rings. The molecule has 0 aliphatic carbocycles. The number of benzene rings is 1. The summed E-state index contributed by atoms with van der Waals surface area (Å²) >= 11 is 15.8. The number of aryl methyl sites for hydroxylation is 1. The highest BCUT2D eigenvalue weighted by Crippen LogP contribution is 2.36. The molecule has 0 radical (unpaired) electrons. The molecule has 3 rings (SSSR count). The normalized spacial score (nSPS) is 11.2. The van der Waals surface area contributed by atoms with Gasteiger partial charge >= 0.3 is 0 Å². The summed E-state index contributed by atoms with van der Waals surface area (Å²) in [4.78, 5) is 8.76. The van der Waals surface area contributed by atoms with Crippen LogP contribution in [0.1, 0.15) is 5.69 Å². The Balaban J connectivity index is 2.37. The average Bonchev–Trinajstić information content (AvgIpc) is 2.72. The molecule has 102 valence electrons. The Labute approximate surface area is 133 Å². The van der Waals surface area contributed by atoms with Crippen LogP contribution in [0.5, 0.6) is 0 Å². The predicted molar refractivity (Wildman–Crippen MR) is 85.7 cm³/mol. The highest BCUT2D eigenvalue weighted by atomic mass is 79.9. The maximum atomic E-state index is 6.31. The molecule has 2 heterocycles. The molecule has 0 bridgehead atoms. The lowest BCUT2D eigenvalue weighted by atomic mass is 10.3. The molecule has 2 N–H and O–H groups in total. The van der Waals surface area contributed by atoms with E-state index in [0.717, 1.165) is 10.2 Å². The monoisotopic (exact) mass is 370 g/mol. The van der Waals surface area contributed by atoms with Crippen molar-refractivity contribution in [1.82, 2.24) is 14.5 Å². The standard InChI is InChI=1S/C13H9BrCl2N4/c1-6-2-4-8-12(18-6)20(13(17)19-8)9-5-3-7(14)10(15)11(9)16/h2-5H,1H3,(H2,17,19). The molecule has 0 aliphatic heterocycles. The zero-order valence-corrected chi connectivity index (χ0v) is 13.5. The summed E-state index contributed by atoms with van der Waals surface area (Å²) in [5.41, 5.74) is 8.88. The van der Waals surface area contributed by atoms with Crippen molar-refractivity contribution in [3.05, 3.63) is 44.5 Å². The zero-order chi connectivity index (χ0) is 14.4. The van der Waals surface area contributed by atoms with Gasteiger partial charge in [0, 0.05) is 10.2 Å².